The summed E-state index contributed by atoms with van der Waals surface area (Å²) in [5.41, 5.74) is 1.02. The molecule has 10 heteroatoms. The lowest BCUT2D eigenvalue weighted by atomic mass is 10.1. The third-order valence-corrected chi connectivity index (χ3v) is 6.75. The molecule has 8 nitrogen and oxygen atoms in total. The van der Waals surface area contributed by atoms with Crippen LogP contribution in [0.1, 0.15) is 31.4 Å². The minimum absolute atomic E-state index is 0. The molecule has 3 rings (SSSR count). The molecule has 2 N–H and O–H groups in total. The van der Waals surface area contributed by atoms with Crippen LogP contribution in [0.25, 0.3) is 0 Å². The summed E-state index contributed by atoms with van der Waals surface area (Å²) >= 11 is 1.64. The zero-order chi connectivity index (χ0) is 20.6. The van der Waals surface area contributed by atoms with Crippen LogP contribution in [0.4, 0.5) is 5.13 Å². The molecule has 2 heterocycles. The van der Waals surface area contributed by atoms with Crippen molar-refractivity contribution >= 4 is 52.3 Å². The highest BCUT2D eigenvalue weighted by Crippen LogP contribution is 2.26. The zero-order valence-electron chi connectivity index (χ0n) is 18.4. The van der Waals surface area contributed by atoms with E-state index in [2.05, 4.69) is 35.8 Å². The van der Waals surface area contributed by atoms with Gasteiger partial charge in [-0.1, -0.05) is 12.8 Å². The van der Waals surface area contributed by atoms with Gasteiger partial charge in [-0.15, -0.1) is 35.3 Å². The standard InChI is InChI=1S/C20H35N7OS.HI/c1-21-19(23-14-17-15-29-20(24-17)25(2)3)22-8-9-26-10-12-27(13-11-26)18(28)16-6-4-5-7-16;/h15-16H,4-14H2,1-3H3,(H2,21,22,23);1H. The fourth-order valence-electron chi connectivity index (χ4n) is 3.93. The predicted octanol–water partition coefficient (Wildman–Crippen LogP) is 1.83. The molecule has 30 heavy (non-hydrogen) atoms. The number of amides is 1. The highest BCUT2D eigenvalue weighted by molar-refractivity contribution is 14.0. The van der Waals surface area contributed by atoms with Gasteiger partial charge in [-0.2, -0.15) is 0 Å². The molecular weight excluding hydrogens is 513 g/mol. The summed E-state index contributed by atoms with van der Waals surface area (Å²) < 4.78 is 0. The smallest absolute Gasteiger partial charge is 0.225 e. The van der Waals surface area contributed by atoms with Crippen LogP contribution in [-0.2, 0) is 11.3 Å². The van der Waals surface area contributed by atoms with Crippen molar-refractivity contribution in [3.05, 3.63) is 11.1 Å². The molecule has 1 aliphatic carbocycles. The van der Waals surface area contributed by atoms with Gasteiger partial charge in [0.15, 0.2) is 11.1 Å². The largest absolute Gasteiger partial charge is 0.355 e. The van der Waals surface area contributed by atoms with Gasteiger partial charge in [0.05, 0.1) is 12.2 Å². The average Bonchev–Trinajstić information content (AvgIpc) is 3.43. The van der Waals surface area contributed by atoms with Crippen LogP contribution < -0.4 is 15.5 Å². The molecular formula is C20H36IN7OS. The molecule has 0 unspecified atom stereocenters. The summed E-state index contributed by atoms with van der Waals surface area (Å²) in [5, 5.41) is 9.78. The van der Waals surface area contributed by atoms with E-state index in [4.69, 9.17) is 0 Å². The highest BCUT2D eigenvalue weighted by atomic mass is 127. The molecule has 0 aromatic carbocycles. The fourth-order valence-corrected chi connectivity index (χ4v) is 4.69. The Balaban J connectivity index is 0.00000320. The monoisotopic (exact) mass is 549 g/mol. The molecule has 1 aromatic rings. The van der Waals surface area contributed by atoms with Crippen molar-refractivity contribution in [1.29, 1.82) is 0 Å². The van der Waals surface area contributed by atoms with Crippen molar-refractivity contribution < 1.29 is 4.79 Å². The second kappa shape index (κ2) is 12.7. The van der Waals surface area contributed by atoms with E-state index in [1.807, 2.05) is 19.0 Å². The van der Waals surface area contributed by atoms with Crippen molar-refractivity contribution in [3.8, 4) is 0 Å². The number of carbonyl (C=O) groups is 1. The van der Waals surface area contributed by atoms with Crippen molar-refractivity contribution in [2.45, 2.75) is 32.2 Å². The third kappa shape index (κ3) is 7.23. The number of hydrogen-bond acceptors (Lipinski definition) is 6. The highest BCUT2D eigenvalue weighted by Gasteiger charge is 2.29. The maximum absolute atomic E-state index is 12.5. The Morgan fingerprint density at radius 3 is 2.53 bits per heavy atom. The van der Waals surface area contributed by atoms with Gasteiger partial charge in [-0.3, -0.25) is 14.7 Å². The van der Waals surface area contributed by atoms with Crippen molar-refractivity contribution in [2.24, 2.45) is 10.9 Å². The number of nitrogens with one attached hydrogen (secondary N) is 2. The first kappa shape index (κ1) is 25.1. The van der Waals surface area contributed by atoms with Gasteiger partial charge in [-0.05, 0) is 12.8 Å². The predicted molar refractivity (Wildman–Crippen MR) is 135 cm³/mol. The molecule has 0 bridgehead atoms. The fraction of sp³-hybridized carbons (Fsp3) is 0.750. The quantitative estimate of drug-likeness (QED) is 0.307. The van der Waals surface area contributed by atoms with Gasteiger partial charge >= 0.3 is 0 Å². The number of anilines is 1. The summed E-state index contributed by atoms with van der Waals surface area (Å²) in [6.07, 6.45) is 4.62. The van der Waals surface area contributed by atoms with Crippen molar-refractivity contribution in [2.75, 3.05) is 65.3 Å². The molecule has 1 amide bonds. The number of aromatic nitrogens is 1. The number of piperazine rings is 1. The van der Waals surface area contributed by atoms with Gasteiger partial charge in [-0.25, -0.2) is 4.98 Å². The number of aliphatic imine (C=N–C) groups is 1. The minimum Gasteiger partial charge on any atom is -0.355 e. The third-order valence-electron chi connectivity index (χ3n) is 5.69. The Morgan fingerprint density at radius 1 is 1.23 bits per heavy atom. The Labute approximate surface area is 201 Å². The summed E-state index contributed by atoms with van der Waals surface area (Å²) in [6, 6.07) is 0. The van der Waals surface area contributed by atoms with Crippen molar-refractivity contribution in [3.63, 3.8) is 0 Å². The van der Waals surface area contributed by atoms with Crippen LogP contribution in [0.2, 0.25) is 0 Å². The van der Waals surface area contributed by atoms with E-state index in [-0.39, 0.29) is 24.0 Å². The van der Waals surface area contributed by atoms with Gasteiger partial charge in [0.1, 0.15) is 0 Å². The molecule has 0 spiro atoms. The minimum atomic E-state index is 0. The lowest BCUT2D eigenvalue weighted by Gasteiger charge is -2.36. The van der Waals surface area contributed by atoms with Gasteiger partial charge < -0.3 is 20.4 Å². The molecule has 170 valence electrons. The molecule has 2 fully saturated rings. The van der Waals surface area contributed by atoms with Gasteiger partial charge in [0, 0.05) is 71.7 Å². The molecule has 1 saturated heterocycles. The second-order valence-electron chi connectivity index (χ2n) is 8.02. The Hall–Kier alpha value is -1.14. The molecule has 2 aliphatic rings. The zero-order valence-corrected chi connectivity index (χ0v) is 21.5. The van der Waals surface area contributed by atoms with Crippen LogP contribution >= 0.6 is 35.3 Å². The number of halogens is 1. The van der Waals surface area contributed by atoms with E-state index < -0.39 is 0 Å². The lowest BCUT2D eigenvalue weighted by molar-refractivity contribution is -0.137. The average molecular weight is 550 g/mol. The Morgan fingerprint density at radius 2 is 1.93 bits per heavy atom. The maximum atomic E-state index is 12.5. The number of guanidine groups is 1. The molecule has 1 saturated carbocycles. The number of carbonyl (C=O) groups excluding carboxylic acids is 1. The molecule has 0 atom stereocenters. The van der Waals surface area contributed by atoms with E-state index in [1.165, 1.54) is 12.8 Å². The topological polar surface area (TPSA) is 76.1 Å². The first-order valence-corrected chi connectivity index (χ1v) is 11.5. The molecule has 1 aliphatic heterocycles. The van der Waals surface area contributed by atoms with Crippen LogP contribution in [0.15, 0.2) is 10.4 Å². The van der Waals surface area contributed by atoms with Crippen LogP contribution in [0.5, 0.6) is 0 Å². The van der Waals surface area contributed by atoms with Crippen LogP contribution in [-0.4, -0.2) is 87.1 Å². The Kier molecular flexibility index (Phi) is 10.6. The van der Waals surface area contributed by atoms with E-state index in [1.54, 1.807) is 18.4 Å². The van der Waals surface area contributed by atoms with Gasteiger partial charge in [0.2, 0.25) is 5.91 Å². The number of thiazole rings is 1. The molecule has 0 radical (unpaired) electrons. The maximum Gasteiger partial charge on any atom is 0.225 e. The summed E-state index contributed by atoms with van der Waals surface area (Å²) in [5.74, 6) is 1.48. The number of nitrogens with zero attached hydrogens (tertiary/aromatic N) is 5. The van der Waals surface area contributed by atoms with E-state index in [9.17, 15) is 4.79 Å². The number of hydrogen-bond donors (Lipinski definition) is 2. The molecule has 1 aromatic heterocycles. The Bertz CT molecular complexity index is 682. The summed E-state index contributed by atoms with van der Waals surface area (Å²) in [6.45, 7) is 6.08. The first-order valence-electron chi connectivity index (χ1n) is 10.6. The normalized spacial score (nSPS) is 18.2. The SMILES string of the molecule is CN=C(NCCN1CCN(C(=O)C2CCCC2)CC1)NCc1csc(N(C)C)n1.I. The van der Waals surface area contributed by atoms with E-state index in [0.29, 0.717) is 18.4 Å². The first-order chi connectivity index (χ1) is 14.1. The summed E-state index contributed by atoms with van der Waals surface area (Å²) in [4.78, 5) is 27.9. The van der Waals surface area contributed by atoms with Gasteiger partial charge in [0.25, 0.3) is 0 Å². The van der Waals surface area contributed by atoms with E-state index >= 15 is 0 Å². The van der Waals surface area contributed by atoms with Crippen LogP contribution in [0.3, 0.4) is 0 Å². The summed E-state index contributed by atoms with van der Waals surface area (Å²) in [7, 11) is 5.79. The van der Waals surface area contributed by atoms with E-state index in [0.717, 1.165) is 68.9 Å². The van der Waals surface area contributed by atoms with Crippen molar-refractivity contribution in [1.82, 2.24) is 25.4 Å². The second-order valence-corrected chi connectivity index (χ2v) is 8.85. The number of rotatable bonds is 7. The lowest BCUT2D eigenvalue weighted by Crippen LogP contribution is -2.51. The van der Waals surface area contributed by atoms with Crippen LogP contribution in [0, 0.1) is 5.92 Å².